The highest BCUT2D eigenvalue weighted by molar-refractivity contribution is 5.91. The van der Waals surface area contributed by atoms with Gasteiger partial charge >= 0.3 is 0 Å². The van der Waals surface area contributed by atoms with Gasteiger partial charge in [-0.05, 0) is 43.9 Å². The normalized spacial score (nSPS) is 16.3. The van der Waals surface area contributed by atoms with Crippen molar-refractivity contribution >= 4 is 17.7 Å². The van der Waals surface area contributed by atoms with Crippen LogP contribution in [0.5, 0.6) is 17.2 Å². The third-order valence-electron chi connectivity index (χ3n) is 6.78. The topological polar surface area (TPSA) is 149 Å². The highest BCUT2D eigenvalue weighted by atomic mass is 16.5. The number of primary amides is 1. The summed E-state index contributed by atoms with van der Waals surface area (Å²) in [5.41, 5.74) is 6.87. The Balaban J connectivity index is 0.000000379. The van der Waals surface area contributed by atoms with Gasteiger partial charge in [-0.2, -0.15) is 0 Å². The fourth-order valence-electron chi connectivity index (χ4n) is 4.69. The molecule has 11 nitrogen and oxygen atoms in total. The van der Waals surface area contributed by atoms with Crippen LogP contribution in [0.3, 0.4) is 0 Å². The van der Waals surface area contributed by atoms with E-state index < -0.39 is 11.9 Å². The summed E-state index contributed by atoms with van der Waals surface area (Å²) in [7, 11) is 4.52. The van der Waals surface area contributed by atoms with E-state index in [1.54, 1.807) is 29.6 Å². The molecule has 2 aliphatic rings. The molecule has 1 saturated heterocycles. The average Bonchev–Trinajstić information content (AvgIpc) is 3.47. The molecule has 1 aromatic heterocycles. The average molecular weight is 560 g/mol. The summed E-state index contributed by atoms with van der Waals surface area (Å²) in [5, 5.41) is 2.49. The molecule has 1 unspecified atom stereocenters. The summed E-state index contributed by atoms with van der Waals surface area (Å²) in [6.07, 6.45) is 14.7. The Morgan fingerprint density at radius 1 is 0.975 bits per heavy atom. The van der Waals surface area contributed by atoms with Crippen LogP contribution >= 0.6 is 0 Å². The number of nitrogens with two attached hydrogens (primary N) is 1. The predicted octanol–water partition coefficient (Wildman–Crippen LogP) is 3.30. The molecule has 4 N–H and O–H groups in total. The van der Waals surface area contributed by atoms with Crippen molar-refractivity contribution < 1.29 is 28.6 Å². The molecular formula is C29H45N5O6. The largest absolute Gasteiger partial charge is 0.493 e. The first-order chi connectivity index (χ1) is 19.3. The number of carbonyl (C=O) groups is 3. The van der Waals surface area contributed by atoms with Crippen LogP contribution in [0.1, 0.15) is 69.0 Å². The number of methoxy groups -OCH3 is 3. The van der Waals surface area contributed by atoms with E-state index in [4.69, 9.17) is 19.9 Å². The van der Waals surface area contributed by atoms with Gasteiger partial charge in [-0.1, -0.05) is 38.5 Å². The van der Waals surface area contributed by atoms with Gasteiger partial charge in [0.1, 0.15) is 6.04 Å². The van der Waals surface area contributed by atoms with Gasteiger partial charge in [0.2, 0.25) is 23.5 Å². The van der Waals surface area contributed by atoms with E-state index in [-0.39, 0.29) is 24.8 Å². The molecule has 3 amide bonds. The second kappa shape index (κ2) is 17.8. The summed E-state index contributed by atoms with van der Waals surface area (Å²) in [6, 6.07) is 2.82. The Hall–Kier alpha value is -3.76. The number of imidazole rings is 1. The highest BCUT2D eigenvalue weighted by Crippen LogP contribution is 2.38. The number of aryl methyl sites for hydroxylation is 1. The summed E-state index contributed by atoms with van der Waals surface area (Å²) in [5.74, 6) is 0.186. The van der Waals surface area contributed by atoms with Crippen LogP contribution in [0.15, 0.2) is 24.7 Å². The van der Waals surface area contributed by atoms with E-state index in [1.165, 1.54) is 59.9 Å². The lowest BCUT2D eigenvalue weighted by Crippen LogP contribution is -2.53. The fourth-order valence-corrected chi connectivity index (χ4v) is 4.69. The van der Waals surface area contributed by atoms with Gasteiger partial charge in [0.05, 0.1) is 40.6 Å². The molecule has 1 aliphatic heterocycles. The number of H-pyrrole nitrogens is 1. The molecular weight excluding hydrogens is 514 g/mol. The van der Waals surface area contributed by atoms with Crippen molar-refractivity contribution in [3.05, 3.63) is 35.9 Å². The number of nitrogens with one attached hydrogen (secondary N) is 2. The zero-order chi connectivity index (χ0) is 29.3. The summed E-state index contributed by atoms with van der Waals surface area (Å²) in [4.78, 5) is 44.4. The number of aromatic nitrogens is 2. The number of nitrogens with zero attached hydrogens (tertiary/aromatic N) is 2. The first kappa shape index (κ1) is 32.5. The Labute approximate surface area is 237 Å². The molecule has 1 aliphatic carbocycles. The van der Waals surface area contributed by atoms with E-state index in [1.807, 2.05) is 6.92 Å². The number of hydrogen-bond acceptors (Lipinski definition) is 7. The molecule has 4 rings (SSSR count). The molecule has 222 valence electrons. The Bertz CT molecular complexity index is 1020. The van der Waals surface area contributed by atoms with Gasteiger partial charge in [0, 0.05) is 18.4 Å². The number of piperidine rings is 1. The molecule has 2 fully saturated rings. The van der Waals surface area contributed by atoms with Gasteiger partial charge < -0.3 is 35.1 Å². The SMILES string of the molecule is C1CCCCC1.COc1cc(CC(=O)N2CCCCC2C(=O)NCC(N)=O)cc(OC)c1OC.Cc1cnc[nH]1. The van der Waals surface area contributed by atoms with Crippen molar-refractivity contribution in [1.29, 1.82) is 0 Å². The monoisotopic (exact) mass is 559 g/mol. The van der Waals surface area contributed by atoms with Crippen LogP contribution in [0.25, 0.3) is 0 Å². The molecule has 11 heteroatoms. The summed E-state index contributed by atoms with van der Waals surface area (Å²) < 4.78 is 15.9. The lowest BCUT2D eigenvalue weighted by molar-refractivity contribution is -0.142. The maximum atomic E-state index is 12.9. The van der Waals surface area contributed by atoms with Crippen LogP contribution in [0.2, 0.25) is 0 Å². The van der Waals surface area contributed by atoms with E-state index >= 15 is 0 Å². The highest BCUT2D eigenvalue weighted by Gasteiger charge is 2.32. The van der Waals surface area contributed by atoms with Crippen LogP contribution in [-0.4, -0.2) is 73.1 Å². The van der Waals surface area contributed by atoms with Gasteiger partial charge in [0.15, 0.2) is 11.5 Å². The van der Waals surface area contributed by atoms with Gasteiger partial charge in [-0.15, -0.1) is 0 Å². The minimum Gasteiger partial charge on any atom is -0.493 e. The first-order valence-corrected chi connectivity index (χ1v) is 13.9. The number of benzene rings is 1. The quantitative estimate of drug-likeness (QED) is 0.449. The number of rotatable bonds is 8. The third-order valence-corrected chi connectivity index (χ3v) is 6.78. The van der Waals surface area contributed by atoms with E-state index in [9.17, 15) is 14.4 Å². The maximum Gasteiger partial charge on any atom is 0.243 e. The lowest BCUT2D eigenvalue weighted by atomic mass is 9.99. The molecule has 0 spiro atoms. The zero-order valence-electron chi connectivity index (χ0n) is 24.3. The molecule has 1 atom stereocenters. The van der Waals surface area contributed by atoms with Gasteiger partial charge in [-0.3, -0.25) is 14.4 Å². The Morgan fingerprint density at radius 2 is 1.57 bits per heavy atom. The Morgan fingerprint density at radius 3 is 2.00 bits per heavy atom. The number of aromatic amines is 1. The van der Waals surface area contributed by atoms with Crippen molar-refractivity contribution in [2.75, 3.05) is 34.4 Å². The smallest absolute Gasteiger partial charge is 0.243 e. The van der Waals surface area contributed by atoms with Crippen LogP contribution in [0.4, 0.5) is 0 Å². The van der Waals surface area contributed by atoms with Crippen molar-refractivity contribution in [3.8, 4) is 17.2 Å². The van der Waals surface area contributed by atoms with Crippen molar-refractivity contribution in [2.24, 2.45) is 5.73 Å². The minimum absolute atomic E-state index is 0.0797. The first-order valence-electron chi connectivity index (χ1n) is 13.9. The van der Waals surface area contributed by atoms with Gasteiger partial charge in [-0.25, -0.2) is 4.98 Å². The molecule has 0 radical (unpaired) electrons. The molecule has 0 bridgehead atoms. The fraction of sp³-hybridized carbons (Fsp3) is 0.586. The molecule has 1 aromatic carbocycles. The molecule has 2 aromatic rings. The van der Waals surface area contributed by atoms with Gasteiger partial charge in [0.25, 0.3) is 0 Å². The van der Waals surface area contributed by atoms with E-state index in [2.05, 4.69) is 15.3 Å². The maximum absolute atomic E-state index is 12.9. The number of ether oxygens (including phenoxy) is 3. The standard InChI is InChI=1S/C19H27N3O6.C6H12.C4H6N2/c1-26-14-8-12(9-15(27-2)18(14)28-3)10-17(24)22-7-5-4-6-13(22)19(25)21-11-16(20)23;1-2-4-6-5-3-1;1-4-2-5-3-6-4/h8-9,13H,4-7,10-11H2,1-3H3,(H2,20,23)(H,21,25);1-6H2;2-3H,1H3,(H,5,6). The number of hydrogen-bond donors (Lipinski definition) is 3. The number of carbonyl (C=O) groups excluding carboxylic acids is 3. The van der Waals surface area contributed by atoms with Crippen LogP contribution in [0, 0.1) is 6.92 Å². The minimum atomic E-state index is -0.626. The second-order valence-corrected chi connectivity index (χ2v) is 9.85. The van der Waals surface area contributed by atoms with E-state index in [0.717, 1.165) is 18.5 Å². The second-order valence-electron chi connectivity index (χ2n) is 9.85. The Kier molecular flexibility index (Phi) is 14.4. The molecule has 1 saturated carbocycles. The van der Waals surface area contributed by atoms with E-state index in [0.29, 0.717) is 35.8 Å². The van der Waals surface area contributed by atoms with Crippen molar-refractivity contribution in [1.82, 2.24) is 20.2 Å². The number of amides is 3. The number of likely N-dealkylation sites (tertiary alicyclic amines) is 1. The van der Waals surface area contributed by atoms with Crippen LogP contribution in [-0.2, 0) is 20.8 Å². The zero-order valence-corrected chi connectivity index (χ0v) is 24.3. The summed E-state index contributed by atoms with van der Waals surface area (Å²) >= 11 is 0. The third kappa shape index (κ3) is 10.8. The van der Waals surface area contributed by atoms with Crippen molar-refractivity contribution in [3.63, 3.8) is 0 Å². The molecule has 40 heavy (non-hydrogen) atoms. The summed E-state index contributed by atoms with van der Waals surface area (Å²) in [6.45, 7) is 2.20. The predicted molar refractivity (Wildman–Crippen MR) is 152 cm³/mol. The lowest BCUT2D eigenvalue weighted by Gasteiger charge is -2.34. The van der Waals surface area contributed by atoms with Crippen molar-refractivity contribution in [2.45, 2.75) is 77.2 Å². The molecule has 2 heterocycles. The van der Waals surface area contributed by atoms with Crippen LogP contribution < -0.4 is 25.3 Å².